The van der Waals surface area contributed by atoms with Crippen molar-refractivity contribution >= 4 is 11.9 Å². The number of carbonyl (C=O) groups is 2. The van der Waals surface area contributed by atoms with Crippen molar-refractivity contribution in [1.82, 2.24) is 5.32 Å². The highest BCUT2D eigenvalue weighted by Crippen LogP contribution is 2.55. The molecule has 2 bridgehead atoms. The van der Waals surface area contributed by atoms with E-state index in [1.165, 1.54) is 0 Å². The van der Waals surface area contributed by atoms with Crippen LogP contribution in [0.25, 0.3) is 0 Å². The zero-order valence-corrected chi connectivity index (χ0v) is 15.0. The molecule has 0 aromatic rings. The molecule has 6 unspecified atom stereocenters. The molecule has 1 saturated heterocycles. The predicted molar refractivity (Wildman–Crippen MR) is 85.6 cm³/mol. The highest BCUT2D eigenvalue weighted by Gasteiger charge is 2.64. The first-order chi connectivity index (χ1) is 10.5. The minimum atomic E-state index is -0.787. The molecule has 3 aliphatic rings. The van der Waals surface area contributed by atoms with E-state index in [4.69, 9.17) is 9.47 Å². The van der Waals surface area contributed by atoms with Crippen LogP contribution in [0, 0.1) is 23.2 Å². The van der Waals surface area contributed by atoms with Crippen molar-refractivity contribution in [3.8, 4) is 0 Å². The van der Waals surface area contributed by atoms with Crippen LogP contribution >= 0.6 is 0 Å². The summed E-state index contributed by atoms with van der Waals surface area (Å²) < 4.78 is 11.4. The Balaban J connectivity index is 1.77. The van der Waals surface area contributed by atoms with Gasteiger partial charge in [0.15, 0.2) is 0 Å². The SMILES string of the molecule is CC(C)NC(C)(C(=O)OC1C2CC3C(=O)OC1C3C2)C(C)(C)C. The molecular weight excluding hydrogens is 294 g/mol. The van der Waals surface area contributed by atoms with Gasteiger partial charge in [-0.05, 0) is 39.0 Å². The third-order valence-corrected chi connectivity index (χ3v) is 6.14. The van der Waals surface area contributed by atoms with Gasteiger partial charge < -0.3 is 9.47 Å². The minimum absolute atomic E-state index is 0.0442. The predicted octanol–water partition coefficient (Wildman–Crippen LogP) is 2.28. The number of hydrogen-bond acceptors (Lipinski definition) is 5. The first-order valence-electron chi connectivity index (χ1n) is 8.74. The highest BCUT2D eigenvalue weighted by molar-refractivity contribution is 5.82. The van der Waals surface area contributed by atoms with Crippen molar-refractivity contribution in [3.05, 3.63) is 0 Å². The van der Waals surface area contributed by atoms with Gasteiger partial charge in [-0.25, -0.2) is 0 Å². The summed E-state index contributed by atoms with van der Waals surface area (Å²) in [5.41, 5.74) is -1.08. The number of rotatable bonds is 4. The Bertz CT molecular complexity index is 524. The summed E-state index contributed by atoms with van der Waals surface area (Å²) in [6, 6.07) is 0.167. The normalized spacial score (nSPS) is 37.9. The van der Waals surface area contributed by atoms with Gasteiger partial charge in [0.2, 0.25) is 0 Å². The summed E-state index contributed by atoms with van der Waals surface area (Å²) in [7, 11) is 0. The maximum atomic E-state index is 13.0. The van der Waals surface area contributed by atoms with Gasteiger partial charge in [-0.15, -0.1) is 0 Å². The molecule has 0 radical (unpaired) electrons. The van der Waals surface area contributed by atoms with Crippen molar-refractivity contribution < 1.29 is 19.1 Å². The third kappa shape index (κ3) is 2.48. The summed E-state index contributed by atoms with van der Waals surface area (Å²) in [6.07, 6.45) is 1.26. The fourth-order valence-corrected chi connectivity index (χ4v) is 4.46. The van der Waals surface area contributed by atoms with Crippen LogP contribution in [0.2, 0.25) is 0 Å². The van der Waals surface area contributed by atoms with E-state index < -0.39 is 5.54 Å². The number of fused-ring (bicyclic) bond motifs is 1. The molecular formula is C18H29NO4. The Morgan fingerprint density at radius 3 is 2.48 bits per heavy atom. The molecule has 6 atom stereocenters. The van der Waals surface area contributed by atoms with Crippen molar-refractivity contribution in [1.29, 1.82) is 0 Å². The van der Waals surface area contributed by atoms with Gasteiger partial charge in [0.25, 0.3) is 0 Å². The molecule has 0 aromatic carbocycles. The Kier molecular flexibility index (Phi) is 3.79. The second-order valence-corrected chi connectivity index (χ2v) is 8.95. The Morgan fingerprint density at radius 2 is 1.91 bits per heavy atom. The number of carbonyl (C=O) groups excluding carboxylic acids is 2. The van der Waals surface area contributed by atoms with E-state index in [2.05, 4.69) is 5.32 Å². The van der Waals surface area contributed by atoms with Gasteiger partial charge in [-0.1, -0.05) is 20.8 Å². The van der Waals surface area contributed by atoms with E-state index in [9.17, 15) is 9.59 Å². The Hall–Kier alpha value is -1.10. The van der Waals surface area contributed by atoms with Crippen LogP contribution in [-0.2, 0) is 19.1 Å². The molecule has 130 valence electrons. The summed E-state index contributed by atoms with van der Waals surface area (Å²) in [5.74, 6) is 0.233. The maximum absolute atomic E-state index is 13.0. The van der Waals surface area contributed by atoms with Crippen molar-refractivity contribution in [2.24, 2.45) is 23.2 Å². The van der Waals surface area contributed by atoms with Crippen molar-refractivity contribution in [2.75, 3.05) is 0 Å². The zero-order valence-electron chi connectivity index (χ0n) is 15.0. The van der Waals surface area contributed by atoms with E-state index in [0.29, 0.717) is 0 Å². The van der Waals surface area contributed by atoms with Crippen molar-refractivity contribution in [3.63, 3.8) is 0 Å². The lowest BCUT2D eigenvalue weighted by molar-refractivity contribution is -0.172. The Labute approximate surface area is 138 Å². The van der Waals surface area contributed by atoms with Gasteiger partial charge >= 0.3 is 11.9 Å². The molecule has 0 aromatic heterocycles. The maximum Gasteiger partial charge on any atom is 0.327 e. The summed E-state index contributed by atoms with van der Waals surface area (Å²) in [4.78, 5) is 24.9. The van der Waals surface area contributed by atoms with E-state index in [1.54, 1.807) is 0 Å². The van der Waals surface area contributed by atoms with E-state index >= 15 is 0 Å². The quantitative estimate of drug-likeness (QED) is 0.804. The summed E-state index contributed by atoms with van der Waals surface area (Å²) in [5, 5.41) is 3.38. The van der Waals surface area contributed by atoms with Crippen LogP contribution in [0.15, 0.2) is 0 Å². The van der Waals surface area contributed by atoms with Crippen molar-refractivity contribution in [2.45, 2.75) is 78.2 Å². The molecule has 3 rings (SSSR count). The number of hydrogen-bond donors (Lipinski definition) is 1. The van der Waals surface area contributed by atoms with Gasteiger partial charge in [0.1, 0.15) is 17.7 Å². The standard InChI is InChI=1S/C18H29NO4/c1-9(2)19-18(6,17(3,4)5)16(21)23-13-10-7-11-12(8-10)15(20)22-14(11)13/h9-14,19H,7-8H2,1-6H3. The van der Waals surface area contributed by atoms with E-state index in [1.807, 2.05) is 41.5 Å². The molecule has 1 aliphatic heterocycles. The molecule has 0 amide bonds. The molecule has 5 nitrogen and oxygen atoms in total. The second-order valence-electron chi connectivity index (χ2n) is 8.95. The highest BCUT2D eigenvalue weighted by atomic mass is 16.6. The zero-order chi connectivity index (χ0) is 17.2. The molecule has 5 heteroatoms. The lowest BCUT2D eigenvalue weighted by Gasteiger charge is -2.43. The van der Waals surface area contributed by atoms with Crippen LogP contribution in [0.5, 0.6) is 0 Å². The molecule has 23 heavy (non-hydrogen) atoms. The van der Waals surface area contributed by atoms with E-state index in [0.717, 1.165) is 12.8 Å². The first kappa shape index (κ1) is 16.7. The summed E-state index contributed by atoms with van der Waals surface area (Å²) >= 11 is 0. The van der Waals surface area contributed by atoms with Gasteiger partial charge in [-0.2, -0.15) is 0 Å². The largest absolute Gasteiger partial charge is 0.458 e. The minimum Gasteiger partial charge on any atom is -0.458 e. The van der Waals surface area contributed by atoms with Gasteiger partial charge in [0, 0.05) is 17.9 Å². The lowest BCUT2D eigenvalue weighted by Crippen LogP contribution is -2.62. The lowest BCUT2D eigenvalue weighted by atomic mass is 9.74. The second kappa shape index (κ2) is 5.20. The molecule has 3 fully saturated rings. The van der Waals surface area contributed by atoms with E-state index in [-0.39, 0.29) is 53.4 Å². The molecule has 1 N–H and O–H groups in total. The van der Waals surface area contributed by atoms with Crippen LogP contribution in [0.4, 0.5) is 0 Å². The average molecular weight is 323 g/mol. The third-order valence-electron chi connectivity index (χ3n) is 6.14. The van der Waals surface area contributed by atoms with Crippen LogP contribution in [0.3, 0.4) is 0 Å². The fraction of sp³-hybridized carbons (Fsp3) is 0.889. The molecule has 2 saturated carbocycles. The number of nitrogens with one attached hydrogen (secondary N) is 1. The van der Waals surface area contributed by atoms with Gasteiger partial charge in [-0.3, -0.25) is 14.9 Å². The van der Waals surface area contributed by atoms with Crippen LogP contribution < -0.4 is 5.32 Å². The Morgan fingerprint density at radius 1 is 1.26 bits per heavy atom. The average Bonchev–Trinajstić information content (AvgIpc) is 3.01. The summed E-state index contributed by atoms with van der Waals surface area (Å²) in [6.45, 7) is 12.1. The smallest absolute Gasteiger partial charge is 0.327 e. The van der Waals surface area contributed by atoms with Crippen LogP contribution in [0.1, 0.15) is 54.4 Å². The fourth-order valence-electron chi connectivity index (χ4n) is 4.46. The monoisotopic (exact) mass is 323 g/mol. The molecule has 0 spiro atoms. The van der Waals surface area contributed by atoms with Crippen LogP contribution in [-0.4, -0.2) is 35.7 Å². The number of ether oxygens (including phenoxy) is 2. The molecule has 1 heterocycles. The number of esters is 2. The topological polar surface area (TPSA) is 64.6 Å². The van der Waals surface area contributed by atoms with Gasteiger partial charge in [0.05, 0.1) is 5.92 Å². The molecule has 2 aliphatic carbocycles. The first-order valence-corrected chi connectivity index (χ1v) is 8.74.